The van der Waals surface area contributed by atoms with Crippen LogP contribution in [0.1, 0.15) is 44.1 Å². The summed E-state index contributed by atoms with van der Waals surface area (Å²) in [5, 5.41) is 29.7. The highest BCUT2D eigenvalue weighted by molar-refractivity contribution is 6.36. The zero-order chi connectivity index (χ0) is 32.4. The molecule has 10 nitrogen and oxygen atoms in total. The Balaban J connectivity index is 1.28. The van der Waals surface area contributed by atoms with Gasteiger partial charge in [0.1, 0.15) is 17.5 Å². The van der Waals surface area contributed by atoms with Gasteiger partial charge < -0.3 is 14.9 Å². The molecule has 236 valence electrons. The largest absolute Gasteiger partial charge is 0.480 e. The van der Waals surface area contributed by atoms with Gasteiger partial charge in [0.25, 0.3) is 0 Å². The van der Waals surface area contributed by atoms with E-state index in [1.165, 1.54) is 0 Å². The first-order valence-corrected chi connectivity index (χ1v) is 15.6. The Morgan fingerprint density at radius 1 is 1.13 bits per heavy atom. The highest BCUT2D eigenvalue weighted by Gasteiger charge is 2.27. The van der Waals surface area contributed by atoms with Crippen molar-refractivity contribution in [2.45, 2.75) is 39.0 Å². The van der Waals surface area contributed by atoms with Crippen LogP contribution in [0.2, 0.25) is 5.02 Å². The number of nitriles is 1. The van der Waals surface area contributed by atoms with E-state index in [9.17, 15) is 20.3 Å². The Bertz CT molecular complexity index is 1830. The van der Waals surface area contributed by atoms with E-state index in [1.54, 1.807) is 19.4 Å². The molecule has 0 aliphatic carbocycles. The number of methoxy groups -OCH3 is 1. The number of hydrogen-bond acceptors (Lipinski definition) is 10. The number of aryl methyl sites for hydroxylation is 1. The first-order chi connectivity index (χ1) is 22.3. The standard InChI is InChI=1S/C35H35ClN6O4/c1-21-13-29(39-31-19-41(11-12-43)10-9-24(21)31)33(45)14-22-5-3-6-25(28(22)15-37)26-7-4-8-27(34(26)36)30-16-38-32(35(40-30)46-2)20-42-17-23(44)18-42/h3-8,13,16,23,43-44H,9-12,14,17-20H2,1-2H3. The molecule has 2 aromatic carbocycles. The first kappa shape index (κ1) is 31.7. The second kappa shape index (κ2) is 13.6. The second-order valence-electron chi connectivity index (χ2n) is 11.8. The maximum atomic E-state index is 13.6. The fourth-order valence-electron chi connectivity index (χ4n) is 6.26. The molecule has 0 atom stereocenters. The predicted octanol–water partition coefficient (Wildman–Crippen LogP) is 4.00. The van der Waals surface area contributed by atoms with Gasteiger partial charge in [-0.3, -0.25) is 19.6 Å². The maximum absolute atomic E-state index is 13.6. The molecule has 4 heterocycles. The third kappa shape index (κ3) is 6.38. The third-order valence-electron chi connectivity index (χ3n) is 8.68. The number of likely N-dealkylation sites (tertiary alicyclic amines) is 1. The van der Waals surface area contributed by atoms with Crippen molar-refractivity contribution in [2.75, 3.05) is 39.9 Å². The molecule has 0 amide bonds. The number of β-amino-alcohol motifs (C(OH)–C–C–N with tert-alkyl or cyclic N) is 2. The Hall–Kier alpha value is -4.24. The Morgan fingerprint density at radius 2 is 1.89 bits per heavy atom. The number of halogens is 1. The van der Waals surface area contributed by atoms with Gasteiger partial charge in [-0.05, 0) is 36.1 Å². The minimum absolute atomic E-state index is 0.0117. The van der Waals surface area contributed by atoms with Gasteiger partial charge in [0.2, 0.25) is 5.88 Å². The molecule has 11 heteroatoms. The average Bonchev–Trinajstić information content (AvgIpc) is 3.04. The molecule has 0 saturated carbocycles. The minimum Gasteiger partial charge on any atom is -0.480 e. The van der Waals surface area contributed by atoms with Gasteiger partial charge >= 0.3 is 0 Å². The third-order valence-corrected chi connectivity index (χ3v) is 9.09. The van der Waals surface area contributed by atoms with Crippen LogP contribution in [0.5, 0.6) is 5.88 Å². The molecular weight excluding hydrogens is 604 g/mol. The van der Waals surface area contributed by atoms with Crippen LogP contribution < -0.4 is 4.74 Å². The van der Waals surface area contributed by atoms with E-state index >= 15 is 0 Å². The smallest absolute Gasteiger partial charge is 0.237 e. The summed E-state index contributed by atoms with van der Waals surface area (Å²) in [7, 11) is 1.54. The van der Waals surface area contributed by atoms with E-state index in [-0.39, 0.29) is 24.9 Å². The number of ether oxygens (including phenoxy) is 1. The van der Waals surface area contributed by atoms with Crippen LogP contribution >= 0.6 is 11.6 Å². The average molecular weight is 639 g/mol. The van der Waals surface area contributed by atoms with Crippen LogP contribution in [0.3, 0.4) is 0 Å². The highest BCUT2D eigenvalue weighted by Crippen LogP contribution is 2.38. The monoisotopic (exact) mass is 638 g/mol. The number of aliphatic hydroxyl groups excluding tert-OH is 2. The lowest BCUT2D eigenvalue weighted by Gasteiger charge is -2.35. The summed E-state index contributed by atoms with van der Waals surface area (Å²) in [4.78, 5) is 31.8. The summed E-state index contributed by atoms with van der Waals surface area (Å²) in [6.45, 7) is 5.76. The van der Waals surface area contributed by atoms with Crippen molar-refractivity contribution in [2.24, 2.45) is 0 Å². The number of ketones is 1. The molecule has 2 aliphatic rings. The number of aliphatic hydroxyl groups is 2. The quantitative estimate of drug-likeness (QED) is 0.245. The first-order valence-electron chi connectivity index (χ1n) is 15.3. The fourth-order valence-corrected chi connectivity index (χ4v) is 6.59. The Labute approximate surface area is 272 Å². The maximum Gasteiger partial charge on any atom is 0.237 e. The number of carbonyl (C=O) groups excluding carboxylic acids is 1. The molecule has 1 fully saturated rings. The number of fused-ring (bicyclic) bond motifs is 1. The summed E-state index contributed by atoms with van der Waals surface area (Å²) in [6.07, 6.45) is 2.17. The van der Waals surface area contributed by atoms with E-state index in [1.807, 2.05) is 43.3 Å². The zero-order valence-electron chi connectivity index (χ0n) is 25.8. The van der Waals surface area contributed by atoms with Crippen molar-refractivity contribution in [3.8, 4) is 34.3 Å². The normalized spacial score (nSPS) is 15.2. The molecule has 2 aromatic heterocycles. The van der Waals surface area contributed by atoms with Crippen LogP contribution in [-0.4, -0.2) is 86.7 Å². The number of pyridine rings is 1. The fraction of sp³-hybridized carbons (Fsp3) is 0.343. The summed E-state index contributed by atoms with van der Waals surface area (Å²) in [6, 6.07) is 15.1. The zero-order valence-corrected chi connectivity index (χ0v) is 26.6. The highest BCUT2D eigenvalue weighted by atomic mass is 35.5. The predicted molar refractivity (Wildman–Crippen MR) is 174 cm³/mol. The van der Waals surface area contributed by atoms with Gasteiger partial charge in [-0.2, -0.15) is 5.26 Å². The van der Waals surface area contributed by atoms with Crippen LogP contribution in [0, 0.1) is 18.3 Å². The molecular formula is C35H35ClN6O4. The van der Waals surface area contributed by atoms with Gasteiger partial charge in [-0.1, -0.05) is 48.0 Å². The number of carbonyl (C=O) groups is 1. The number of rotatable bonds is 10. The van der Waals surface area contributed by atoms with Crippen molar-refractivity contribution < 1.29 is 19.7 Å². The van der Waals surface area contributed by atoms with Crippen LogP contribution in [0.15, 0.2) is 48.7 Å². The molecule has 2 aliphatic heterocycles. The van der Waals surface area contributed by atoms with Crippen molar-refractivity contribution in [3.63, 3.8) is 0 Å². The summed E-state index contributed by atoms with van der Waals surface area (Å²) < 4.78 is 5.54. The minimum atomic E-state index is -0.316. The molecule has 6 rings (SSSR count). The van der Waals surface area contributed by atoms with Crippen LogP contribution in [0.4, 0.5) is 0 Å². The molecule has 1 saturated heterocycles. The number of hydrogen-bond donors (Lipinski definition) is 2. The van der Waals surface area contributed by atoms with Gasteiger partial charge in [0.15, 0.2) is 5.78 Å². The van der Waals surface area contributed by atoms with Crippen molar-refractivity contribution in [1.82, 2.24) is 24.8 Å². The number of aromatic nitrogens is 3. The van der Waals surface area contributed by atoms with Gasteiger partial charge in [0.05, 0.1) is 48.0 Å². The Morgan fingerprint density at radius 3 is 2.63 bits per heavy atom. The van der Waals surface area contributed by atoms with Gasteiger partial charge in [0, 0.05) is 62.4 Å². The van der Waals surface area contributed by atoms with Gasteiger partial charge in [-0.25, -0.2) is 9.97 Å². The van der Waals surface area contributed by atoms with Crippen molar-refractivity contribution in [3.05, 3.63) is 93.0 Å². The summed E-state index contributed by atoms with van der Waals surface area (Å²) in [5.41, 5.74) is 7.46. The Kier molecular flexibility index (Phi) is 9.40. The van der Waals surface area contributed by atoms with E-state index < -0.39 is 0 Å². The van der Waals surface area contributed by atoms with E-state index in [2.05, 4.69) is 25.8 Å². The lowest BCUT2D eigenvalue weighted by atomic mass is 9.91. The lowest BCUT2D eigenvalue weighted by Crippen LogP contribution is -2.50. The van der Waals surface area contributed by atoms with Crippen molar-refractivity contribution in [1.29, 1.82) is 5.26 Å². The van der Waals surface area contributed by atoms with Crippen molar-refractivity contribution >= 4 is 17.4 Å². The second-order valence-corrected chi connectivity index (χ2v) is 12.2. The van der Waals surface area contributed by atoms with E-state index in [4.69, 9.17) is 21.3 Å². The topological polar surface area (TPSA) is 136 Å². The molecule has 0 spiro atoms. The molecule has 0 bridgehead atoms. The molecule has 4 aromatic rings. The molecule has 46 heavy (non-hydrogen) atoms. The molecule has 2 N–H and O–H groups in total. The number of nitrogens with zero attached hydrogens (tertiary/aromatic N) is 6. The molecule has 0 unspecified atom stereocenters. The van der Waals surface area contributed by atoms with E-state index in [0.29, 0.717) is 88.5 Å². The number of benzene rings is 2. The molecule has 0 radical (unpaired) electrons. The van der Waals surface area contributed by atoms with E-state index in [0.717, 1.165) is 29.8 Å². The summed E-state index contributed by atoms with van der Waals surface area (Å²) >= 11 is 7.00. The lowest BCUT2D eigenvalue weighted by molar-refractivity contribution is -0.00403. The van der Waals surface area contributed by atoms with Gasteiger partial charge in [-0.15, -0.1) is 0 Å². The SMILES string of the molecule is COc1nc(-c2cccc(-c3cccc(CC(=O)c4cc(C)c5c(n4)CN(CCO)CC5)c3C#N)c2Cl)cnc1CN1CC(O)C1. The van der Waals surface area contributed by atoms with Crippen LogP contribution in [-0.2, 0) is 25.9 Å². The number of Topliss-reactive ketones (excluding diaryl/α,β-unsaturated/α-hetero) is 1. The summed E-state index contributed by atoms with van der Waals surface area (Å²) in [5.74, 6) is 0.208. The van der Waals surface area contributed by atoms with Crippen LogP contribution in [0.25, 0.3) is 22.4 Å².